The summed E-state index contributed by atoms with van der Waals surface area (Å²) < 4.78 is 5.95. The molecule has 154 valence electrons. The van der Waals surface area contributed by atoms with Crippen molar-refractivity contribution in [3.63, 3.8) is 0 Å². The van der Waals surface area contributed by atoms with Gasteiger partial charge < -0.3 is 9.64 Å². The first kappa shape index (κ1) is 20.6. The van der Waals surface area contributed by atoms with Crippen molar-refractivity contribution in [3.8, 4) is 5.75 Å². The predicted molar refractivity (Wildman–Crippen MR) is 118 cm³/mol. The van der Waals surface area contributed by atoms with Gasteiger partial charge in [0, 0.05) is 34.3 Å². The molecule has 3 nitrogen and oxygen atoms in total. The Kier molecular flexibility index (Phi) is 6.67. The molecule has 2 aromatic carbocycles. The summed E-state index contributed by atoms with van der Waals surface area (Å²) in [6.07, 6.45) is 8.38. The Hall–Kier alpha value is -1.71. The predicted octanol–water partition coefficient (Wildman–Crippen LogP) is 6.54. The largest absolute Gasteiger partial charge is 0.489 e. The molecule has 0 unspecified atom stereocenters. The van der Waals surface area contributed by atoms with Gasteiger partial charge in [0.25, 0.3) is 5.91 Å². The molecule has 0 aromatic heterocycles. The highest BCUT2D eigenvalue weighted by atomic mass is 35.5. The van der Waals surface area contributed by atoms with Crippen LogP contribution in [0.4, 0.5) is 0 Å². The molecular weight excluding hydrogens is 405 g/mol. The fourth-order valence-electron chi connectivity index (χ4n) is 4.46. The van der Waals surface area contributed by atoms with Gasteiger partial charge in [-0.05, 0) is 67.5 Å². The average molecular weight is 432 g/mol. The molecule has 1 heterocycles. The Labute approximate surface area is 182 Å². The number of hydrogen-bond donors (Lipinski definition) is 0. The van der Waals surface area contributed by atoms with Crippen molar-refractivity contribution in [2.45, 2.75) is 51.6 Å². The van der Waals surface area contributed by atoms with Crippen molar-refractivity contribution in [1.82, 2.24) is 4.90 Å². The van der Waals surface area contributed by atoms with E-state index >= 15 is 0 Å². The molecule has 0 radical (unpaired) electrons. The van der Waals surface area contributed by atoms with Crippen LogP contribution in [0.1, 0.15) is 60.0 Å². The lowest BCUT2D eigenvalue weighted by atomic mass is 9.89. The Morgan fingerprint density at radius 2 is 1.83 bits per heavy atom. The highest BCUT2D eigenvalue weighted by Crippen LogP contribution is 2.29. The smallest absolute Gasteiger partial charge is 0.254 e. The van der Waals surface area contributed by atoms with Crippen molar-refractivity contribution >= 4 is 29.1 Å². The van der Waals surface area contributed by atoms with Gasteiger partial charge in [0.05, 0.1) is 0 Å². The summed E-state index contributed by atoms with van der Waals surface area (Å²) in [7, 11) is 0. The molecule has 1 aliphatic carbocycles. The molecule has 2 aromatic rings. The van der Waals surface area contributed by atoms with Gasteiger partial charge in [-0.25, -0.2) is 0 Å². The van der Waals surface area contributed by atoms with E-state index in [-0.39, 0.29) is 5.91 Å². The molecule has 0 N–H and O–H groups in total. The SMILES string of the molecule is O=C1c2ccc(OCc3ccc(Cl)cc3Cl)cc2CCCN1CC1CCCCC1. The fourth-order valence-corrected chi connectivity index (χ4v) is 4.93. The van der Waals surface area contributed by atoms with E-state index in [9.17, 15) is 4.79 Å². The van der Waals surface area contributed by atoms with Crippen molar-refractivity contribution in [3.05, 3.63) is 63.1 Å². The number of aryl methyl sites for hydroxylation is 1. The van der Waals surface area contributed by atoms with Crippen LogP contribution in [0.5, 0.6) is 5.75 Å². The van der Waals surface area contributed by atoms with Crippen molar-refractivity contribution in [2.75, 3.05) is 13.1 Å². The van der Waals surface area contributed by atoms with Crippen LogP contribution in [0.15, 0.2) is 36.4 Å². The Bertz CT molecular complexity index is 877. The Balaban J connectivity index is 1.44. The maximum atomic E-state index is 13.1. The van der Waals surface area contributed by atoms with Gasteiger partial charge in [-0.1, -0.05) is 48.5 Å². The third-order valence-electron chi connectivity index (χ3n) is 6.08. The number of hydrogen-bond acceptors (Lipinski definition) is 2. The first-order valence-corrected chi connectivity index (χ1v) is 11.3. The minimum absolute atomic E-state index is 0.176. The van der Waals surface area contributed by atoms with Gasteiger partial charge in [0.2, 0.25) is 0 Å². The van der Waals surface area contributed by atoms with Gasteiger partial charge in [0.15, 0.2) is 0 Å². The van der Waals surface area contributed by atoms with Crippen LogP contribution in [0.25, 0.3) is 0 Å². The third-order valence-corrected chi connectivity index (χ3v) is 6.67. The maximum absolute atomic E-state index is 13.1. The lowest BCUT2D eigenvalue weighted by Crippen LogP contribution is -2.36. The zero-order valence-corrected chi connectivity index (χ0v) is 18.1. The van der Waals surface area contributed by atoms with Crippen molar-refractivity contribution < 1.29 is 9.53 Å². The second kappa shape index (κ2) is 9.40. The topological polar surface area (TPSA) is 29.5 Å². The molecule has 29 heavy (non-hydrogen) atoms. The summed E-state index contributed by atoms with van der Waals surface area (Å²) in [5.41, 5.74) is 2.80. The first-order chi connectivity index (χ1) is 14.1. The molecule has 1 fully saturated rings. The summed E-state index contributed by atoms with van der Waals surface area (Å²) >= 11 is 12.2. The van der Waals surface area contributed by atoms with Crippen molar-refractivity contribution in [2.24, 2.45) is 5.92 Å². The second-order valence-electron chi connectivity index (χ2n) is 8.20. The van der Waals surface area contributed by atoms with Crippen LogP contribution in [-0.4, -0.2) is 23.9 Å². The van der Waals surface area contributed by atoms with Gasteiger partial charge >= 0.3 is 0 Å². The molecule has 0 bridgehead atoms. The summed E-state index contributed by atoms with van der Waals surface area (Å²) in [6.45, 7) is 2.13. The minimum atomic E-state index is 0.176. The lowest BCUT2D eigenvalue weighted by Gasteiger charge is -2.29. The highest BCUT2D eigenvalue weighted by molar-refractivity contribution is 6.35. The monoisotopic (exact) mass is 431 g/mol. The van der Waals surface area contributed by atoms with Gasteiger partial charge in [-0.3, -0.25) is 4.79 Å². The maximum Gasteiger partial charge on any atom is 0.254 e. The van der Waals surface area contributed by atoms with Gasteiger partial charge in [-0.2, -0.15) is 0 Å². The molecule has 2 aliphatic rings. The van der Waals surface area contributed by atoms with Crippen LogP contribution in [0.2, 0.25) is 10.0 Å². The summed E-state index contributed by atoms with van der Waals surface area (Å²) in [6, 6.07) is 11.2. The Morgan fingerprint density at radius 3 is 2.62 bits per heavy atom. The van der Waals surface area contributed by atoms with E-state index in [1.807, 2.05) is 30.3 Å². The fraction of sp³-hybridized carbons (Fsp3) is 0.458. The van der Waals surface area contributed by atoms with E-state index in [4.69, 9.17) is 27.9 Å². The molecule has 0 atom stereocenters. The second-order valence-corrected chi connectivity index (χ2v) is 9.05. The number of nitrogens with zero attached hydrogens (tertiary/aromatic N) is 1. The molecule has 0 saturated heterocycles. The molecule has 1 aliphatic heterocycles. The minimum Gasteiger partial charge on any atom is -0.489 e. The number of rotatable bonds is 5. The first-order valence-electron chi connectivity index (χ1n) is 10.6. The number of carbonyl (C=O) groups is 1. The van der Waals surface area contributed by atoms with Crippen molar-refractivity contribution in [1.29, 1.82) is 0 Å². The summed E-state index contributed by atoms with van der Waals surface area (Å²) in [5, 5.41) is 1.21. The van der Waals surface area contributed by atoms with Crippen LogP contribution >= 0.6 is 23.2 Å². The molecule has 4 rings (SSSR count). The quantitative estimate of drug-likeness (QED) is 0.537. The third kappa shape index (κ3) is 5.07. The normalized spacial score (nSPS) is 17.7. The number of carbonyl (C=O) groups excluding carboxylic acids is 1. The summed E-state index contributed by atoms with van der Waals surface area (Å²) in [4.78, 5) is 15.2. The van der Waals surface area contributed by atoms with E-state index in [1.165, 1.54) is 32.1 Å². The Morgan fingerprint density at radius 1 is 1.00 bits per heavy atom. The average Bonchev–Trinajstić information content (AvgIpc) is 2.87. The summed E-state index contributed by atoms with van der Waals surface area (Å²) in [5.74, 6) is 1.61. The van der Waals surface area contributed by atoms with Crippen LogP contribution in [0, 0.1) is 5.92 Å². The van der Waals surface area contributed by atoms with E-state index in [2.05, 4.69) is 4.90 Å². The van der Waals surface area contributed by atoms with E-state index in [1.54, 1.807) is 6.07 Å². The highest BCUT2D eigenvalue weighted by Gasteiger charge is 2.25. The number of amides is 1. The number of benzene rings is 2. The van der Waals surface area contributed by atoms with Crippen LogP contribution < -0.4 is 4.74 Å². The molecule has 0 spiro atoms. The molecule has 1 amide bonds. The van der Waals surface area contributed by atoms with E-state index in [0.29, 0.717) is 22.6 Å². The molecule has 1 saturated carbocycles. The van der Waals surface area contributed by atoms with Gasteiger partial charge in [-0.15, -0.1) is 0 Å². The van der Waals surface area contributed by atoms with Gasteiger partial charge in [0.1, 0.15) is 12.4 Å². The van der Waals surface area contributed by atoms with E-state index < -0.39 is 0 Å². The number of halogens is 2. The van der Waals surface area contributed by atoms with E-state index in [0.717, 1.165) is 48.4 Å². The molecule has 5 heteroatoms. The lowest BCUT2D eigenvalue weighted by molar-refractivity contribution is 0.0719. The van der Waals surface area contributed by atoms with Crippen LogP contribution in [0.3, 0.4) is 0 Å². The zero-order valence-electron chi connectivity index (χ0n) is 16.6. The number of ether oxygens (including phenoxy) is 1. The number of fused-ring (bicyclic) bond motifs is 1. The standard InChI is InChI=1S/C24H27Cl2NO2/c25-20-9-8-19(23(26)14-20)16-29-21-10-11-22-18(13-21)7-4-12-27(24(22)28)15-17-5-2-1-3-6-17/h8-11,13-14,17H,1-7,12,15-16H2. The molecular formula is C24H27Cl2NO2. The zero-order chi connectivity index (χ0) is 20.2. The van der Waals surface area contributed by atoms with Crippen LogP contribution in [-0.2, 0) is 13.0 Å².